The number of alkyl halides is 3. The van der Waals surface area contributed by atoms with Crippen molar-refractivity contribution in [1.29, 1.82) is 0 Å². The number of hydrogen-bond donors (Lipinski definition) is 1. The minimum atomic E-state index is -4.82. The normalized spacial score (nSPS) is 24.0. The average Bonchev–Trinajstić information content (AvgIpc) is 3.37. The molecule has 1 saturated heterocycles. The summed E-state index contributed by atoms with van der Waals surface area (Å²) in [6.07, 6.45) is -3.51. The van der Waals surface area contributed by atoms with Crippen LogP contribution in [0.25, 0.3) is 0 Å². The Labute approximate surface area is 273 Å². The number of hydrogen-bond acceptors (Lipinski definition) is 9. The predicted molar refractivity (Wildman–Crippen MR) is 164 cm³/mol. The molecule has 2 aromatic heterocycles. The van der Waals surface area contributed by atoms with Crippen LogP contribution < -0.4 is 15.4 Å². The lowest BCUT2D eigenvalue weighted by molar-refractivity contribution is -0.140. The lowest BCUT2D eigenvalue weighted by atomic mass is 9.68. The number of halogens is 5. The summed E-state index contributed by atoms with van der Waals surface area (Å²) in [7, 11) is 5.50. The Kier molecular flexibility index (Phi) is 7.79. The number of rotatable bonds is 5. The topological polar surface area (TPSA) is 115 Å². The Morgan fingerprint density at radius 2 is 2.02 bits per heavy atom. The highest BCUT2D eigenvalue weighted by atomic mass is 35.5. The number of fused-ring (bicyclic) bond motifs is 3. The van der Waals surface area contributed by atoms with E-state index in [1.807, 2.05) is 9.80 Å². The molecule has 4 aliphatic rings. The van der Waals surface area contributed by atoms with Crippen molar-refractivity contribution in [2.24, 2.45) is 5.92 Å². The van der Waals surface area contributed by atoms with Crippen molar-refractivity contribution in [2.45, 2.75) is 63.2 Å². The molecule has 3 atom stereocenters. The first-order valence-corrected chi connectivity index (χ1v) is 15.9. The molecule has 3 aromatic rings. The van der Waals surface area contributed by atoms with Crippen LogP contribution in [0.5, 0.6) is 6.01 Å². The second-order valence-corrected chi connectivity index (χ2v) is 13.3. The molecule has 5 heterocycles. The van der Waals surface area contributed by atoms with Gasteiger partial charge in [0.1, 0.15) is 5.82 Å². The van der Waals surface area contributed by atoms with Crippen LogP contribution in [0.2, 0.25) is 5.02 Å². The summed E-state index contributed by atoms with van der Waals surface area (Å²) in [5.41, 5.74) is 5.22. The van der Waals surface area contributed by atoms with Crippen LogP contribution in [0.1, 0.15) is 63.9 Å². The predicted octanol–water partition coefficient (Wildman–Crippen LogP) is 4.47. The van der Waals surface area contributed by atoms with Gasteiger partial charge in [-0.05, 0) is 51.4 Å². The second-order valence-electron chi connectivity index (χ2n) is 12.9. The minimum absolute atomic E-state index is 0.00157. The molecule has 1 amide bonds. The van der Waals surface area contributed by atoms with Crippen LogP contribution in [-0.2, 0) is 37.0 Å². The number of carbonyl (C=O) groups excluding carboxylic acids is 1. The number of aryl methyl sites for hydroxylation is 1. The number of carbonyl (C=O) groups is 1. The van der Waals surface area contributed by atoms with Crippen molar-refractivity contribution in [3.05, 3.63) is 56.7 Å². The largest absolute Gasteiger partial charge is 0.467 e. The fraction of sp³-hybridized carbons (Fsp3) is 0.548. The monoisotopic (exact) mass is 678 g/mol. The van der Waals surface area contributed by atoms with Gasteiger partial charge in [-0.1, -0.05) is 11.6 Å². The highest BCUT2D eigenvalue weighted by Gasteiger charge is 2.55. The standard InChI is InChI=1S/C31H35ClF4N8O3/c1-41(2)30-8-7-16(30)12-43(15-30)28(45)26-24(32)21-13-42(9-4-10-44(21)40-26)27-17-14-47-22(11-20(17)38-29(39-27)46-3)23-18(31(34,35)36)5-6-19(37)25(23)33/h5-6,16,22H,4,7-15,37H2,1-3H3. The van der Waals surface area contributed by atoms with Crippen molar-refractivity contribution in [2.75, 3.05) is 51.5 Å². The maximum absolute atomic E-state index is 15.1. The van der Waals surface area contributed by atoms with Crippen LogP contribution >= 0.6 is 11.6 Å². The van der Waals surface area contributed by atoms with Gasteiger partial charge >= 0.3 is 12.2 Å². The number of likely N-dealkylation sites (tertiary alicyclic amines) is 1. The SMILES string of the molecule is COc1nc2c(c(N3CCCn4nc(C(=O)N5CC6CCC6(N(C)C)C5)c(Cl)c4C3)n1)COC(c1c(C(F)(F)F)ccc(N)c1F)C2. The molecule has 7 rings (SSSR count). The molecule has 3 unspecified atom stereocenters. The van der Waals surface area contributed by atoms with Crippen molar-refractivity contribution in [3.8, 4) is 6.01 Å². The molecule has 0 spiro atoms. The highest BCUT2D eigenvalue weighted by Crippen LogP contribution is 2.48. The van der Waals surface area contributed by atoms with Gasteiger partial charge < -0.3 is 29.9 Å². The number of aromatic nitrogens is 4. The molecule has 0 radical (unpaired) electrons. The Morgan fingerprint density at radius 1 is 1.23 bits per heavy atom. The maximum Gasteiger partial charge on any atom is 0.416 e. The summed E-state index contributed by atoms with van der Waals surface area (Å²) in [4.78, 5) is 28.8. The first-order chi connectivity index (χ1) is 22.3. The van der Waals surface area contributed by atoms with Crippen molar-refractivity contribution in [3.63, 3.8) is 0 Å². The van der Waals surface area contributed by atoms with Gasteiger partial charge in [-0.2, -0.15) is 28.2 Å². The van der Waals surface area contributed by atoms with Gasteiger partial charge in [0.25, 0.3) is 5.91 Å². The maximum atomic E-state index is 15.1. The van der Waals surface area contributed by atoms with E-state index in [2.05, 4.69) is 34.1 Å². The summed E-state index contributed by atoms with van der Waals surface area (Å²) >= 11 is 6.91. The van der Waals surface area contributed by atoms with Crippen LogP contribution in [0.15, 0.2) is 12.1 Å². The Balaban J connectivity index is 1.18. The van der Waals surface area contributed by atoms with E-state index >= 15 is 4.39 Å². The van der Waals surface area contributed by atoms with Crippen LogP contribution in [0, 0.1) is 11.7 Å². The van der Waals surface area contributed by atoms with Gasteiger partial charge in [0.15, 0.2) is 11.5 Å². The van der Waals surface area contributed by atoms with Gasteiger partial charge in [-0.3, -0.25) is 9.48 Å². The first kappa shape index (κ1) is 31.9. The summed E-state index contributed by atoms with van der Waals surface area (Å²) in [5.74, 6) is -0.483. The van der Waals surface area contributed by atoms with E-state index in [0.717, 1.165) is 25.0 Å². The fourth-order valence-electron chi connectivity index (χ4n) is 7.59. The van der Waals surface area contributed by atoms with Crippen molar-refractivity contribution >= 4 is 29.0 Å². The third-order valence-electron chi connectivity index (χ3n) is 10.3. The van der Waals surface area contributed by atoms with Gasteiger partial charge in [0.2, 0.25) is 0 Å². The molecule has 47 heavy (non-hydrogen) atoms. The molecule has 1 aromatic carbocycles. The molecular formula is C31H35ClF4N8O3. The number of likely N-dealkylation sites (N-methyl/N-ethyl adjacent to an activating group) is 1. The van der Waals surface area contributed by atoms with Gasteiger partial charge in [0.05, 0.1) is 54.0 Å². The van der Waals surface area contributed by atoms with Gasteiger partial charge in [-0.25, -0.2) is 4.39 Å². The van der Waals surface area contributed by atoms with Crippen LogP contribution in [0.4, 0.5) is 29.1 Å². The number of nitrogens with two attached hydrogens (primary N) is 1. The fourth-order valence-corrected chi connectivity index (χ4v) is 7.86. The van der Waals surface area contributed by atoms with Crippen molar-refractivity contribution in [1.82, 2.24) is 29.5 Å². The molecule has 2 fully saturated rings. The lowest BCUT2D eigenvalue weighted by Crippen LogP contribution is -2.57. The molecule has 11 nitrogen and oxygen atoms in total. The molecule has 1 saturated carbocycles. The average molecular weight is 679 g/mol. The minimum Gasteiger partial charge on any atom is -0.467 e. The number of benzene rings is 1. The molecule has 0 bridgehead atoms. The molecular weight excluding hydrogens is 644 g/mol. The zero-order valence-electron chi connectivity index (χ0n) is 26.2. The highest BCUT2D eigenvalue weighted by molar-refractivity contribution is 6.34. The van der Waals surface area contributed by atoms with E-state index in [9.17, 15) is 18.0 Å². The molecule has 252 valence electrons. The number of anilines is 2. The number of nitrogen functional groups attached to an aromatic ring is 1. The number of amides is 1. The second kappa shape index (κ2) is 11.5. The smallest absolute Gasteiger partial charge is 0.416 e. The zero-order chi connectivity index (χ0) is 33.4. The van der Waals surface area contributed by atoms with Gasteiger partial charge in [-0.15, -0.1) is 0 Å². The van der Waals surface area contributed by atoms with E-state index in [0.29, 0.717) is 61.3 Å². The van der Waals surface area contributed by atoms with Crippen LogP contribution in [0.3, 0.4) is 0 Å². The van der Waals surface area contributed by atoms with E-state index < -0.39 is 34.9 Å². The third kappa shape index (κ3) is 5.17. The summed E-state index contributed by atoms with van der Waals surface area (Å²) in [6.45, 7) is 2.41. The summed E-state index contributed by atoms with van der Waals surface area (Å²) in [6, 6.07) is 1.66. The lowest BCUT2D eigenvalue weighted by Gasteiger charge is -2.48. The summed E-state index contributed by atoms with van der Waals surface area (Å²) < 4.78 is 69.8. The molecule has 1 aliphatic carbocycles. The Morgan fingerprint density at radius 3 is 2.68 bits per heavy atom. The Hall–Kier alpha value is -3.69. The molecule has 2 N–H and O–H groups in total. The molecule has 3 aliphatic heterocycles. The van der Waals surface area contributed by atoms with E-state index in [1.165, 1.54) is 7.11 Å². The van der Waals surface area contributed by atoms with Crippen LogP contribution in [-0.4, -0.2) is 81.8 Å². The first-order valence-electron chi connectivity index (χ1n) is 15.5. The number of methoxy groups -OCH3 is 1. The Bertz CT molecular complexity index is 1750. The van der Waals surface area contributed by atoms with Gasteiger partial charge in [0, 0.05) is 49.3 Å². The summed E-state index contributed by atoms with van der Waals surface area (Å²) in [5, 5.41) is 4.94. The van der Waals surface area contributed by atoms with E-state index in [1.54, 1.807) is 4.68 Å². The number of nitrogens with zero attached hydrogens (tertiary/aromatic N) is 7. The zero-order valence-corrected chi connectivity index (χ0v) is 27.0. The van der Waals surface area contributed by atoms with Crippen molar-refractivity contribution < 1.29 is 31.8 Å². The molecule has 16 heteroatoms. The number of ether oxygens (including phenoxy) is 2. The third-order valence-corrected chi connectivity index (χ3v) is 10.7. The van der Waals surface area contributed by atoms with E-state index in [-0.39, 0.29) is 47.7 Å². The van der Waals surface area contributed by atoms with E-state index in [4.69, 9.17) is 26.8 Å². The quantitative estimate of drug-likeness (QED) is 0.309.